The number of nitrogens with zero attached hydrogens (tertiary/aromatic N) is 3. The largest absolute Gasteiger partial charge is 0.484 e. The molecular formula is C28H25FN4O3S. The van der Waals surface area contributed by atoms with Gasteiger partial charge in [0.05, 0.1) is 34.2 Å². The number of hydrogen-bond donors (Lipinski definition) is 1. The zero-order valence-electron chi connectivity index (χ0n) is 20.1. The molecule has 6 rings (SSSR count). The SMILES string of the molecule is C[C@H](NS(=O)(=O)C1CC1)[C@H](Oc1ccc2c(cnn2-c2ccc(F)cc2)c1)c1cnc2ccccc2c1. The second-order valence-corrected chi connectivity index (χ2v) is 11.4. The topological polar surface area (TPSA) is 86.1 Å². The Morgan fingerprint density at radius 2 is 1.78 bits per heavy atom. The number of hydrogen-bond acceptors (Lipinski definition) is 5. The maximum atomic E-state index is 13.4. The summed E-state index contributed by atoms with van der Waals surface area (Å²) in [5.41, 5.74) is 3.20. The van der Waals surface area contributed by atoms with Crippen molar-refractivity contribution >= 4 is 31.8 Å². The molecule has 5 aromatic rings. The summed E-state index contributed by atoms with van der Waals surface area (Å²) >= 11 is 0. The van der Waals surface area contributed by atoms with Crippen LogP contribution in [0.15, 0.2) is 85.2 Å². The van der Waals surface area contributed by atoms with Crippen LogP contribution in [-0.4, -0.2) is 34.5 Å². The lowest BCUT2D eigenvalue weighted by Gasteiger charge is -2.26. The summed E-state index contributed by atoms with van der Waals surface area (Å²) in [4.78, 5) is 4.57. The molecule has 2 heterocycles. The molecule has 188 valence electrons. The molecule has 0 amide bonds. The van der Waals surface area contributed by atoms with E-state index < -0.39 is 22.2 Å². The van der Waals surface area contributed by atoms with Gasteiger partial charge in [-0.1, -0.05) is 18.2 Å². The third kappa shape index (κ3) is 4.80. The predicted octanol–water partition coefficient (Wildman–Crippen LogP) is 5.30. The van der Waals surface area contributed by atoms with Crippen LogP contribution in [0.1, 0.15) is 31.4 Å². The molecule has 9 heteroatoms. The first-order valence-corrected chi connectivity index (χ1v) is 13.7. The summed E-state index contributed by atoms with van der Waals surface area (Å²) in [5.74, 6) is 0.262. The summed E-state index contributed by atoms with van der Waals surface area (Å²) in [5, 5.41) is 5.90. The summed E-state index contributed by atoms with van der Waals surface area (Å²) in [6, 6.07) is 20.9. The van der Waals surface area contributed by atoms with Crippen LogP contribution in [0.5, 0.6) is 5.75 Å². The number of pyridine rings is 1. The van der Waals surface area contributed by atoms with Crippen molar-refractivity contribution in [2.24, 2.45) is 0 Å². The summed E-state index contributed by atoms with van der Waals surface area (Å²) in [7, 11) is -3.43. The van der Waals surface area contributed by atoms with E-state index in [1.54, 1.807) is 29.2 Å². The molecular weight excluding hydrogens is 491 g/mol. The second-order valence-electron chi connectivity index (χ2n) is 9.40. The highest BCUT2D eigenvalue weighted by atomic mass is 32.2. The summed E-state index contributed by atoms with van der Waals surface area (Å²) in [6.45, 7) is 1.81. The number of fused-ring (bicyclic) bond motifs is 2. The lowest BCUT2D eigenvalue weighted by atomic mass is 10.0. The molecule has 0 unspecified atom stereocenters. The first-order valence-electron chi connectivity index (χ1n) is 12.1. The van der Waals surface area contributed by atoms with Gasteiger partial charge in [0.25, 0.3) is 0 Å². The molecule has 1 aliphatic carbocycles. The first kappa shape index (κ1) is 23.6. The van der Waals surface area contributed by atoms with Crippen LogP contribution in [0.4, 0.5) is 4.39 Å². The molecule has 2 aromatic heterocycles. The minimum atomic E-state index is -3.43. The van der Waals surface area contributed by atoms with Gasteiger partial charge < -0.3 is 4.74 Å². The molecule has 0 saturated heterocycles. The third-order valence-corrected chi connectivity index (χ3v) is 8.63. The molecule has 0 aliphatic heterocycles. The minimum Gasteiger partial charge on any atom is -0.484 e. The Bertz CT molecular complexity index is 1700. The van der Waals surface area contributed by atoms with Crippen molar-refractivity contribution in [2.45, 2.75) is 37.2 Å². The Balaban J connectivity index is 1.34. The van der Waals surface area contributed by atoms with Gasteiger partial charge in [-0.25, -0.2) is 22.2 Å². The zero-order valence-corrected chi connectivity index (χ0v) is 20.9. The van der Waals surface area contributed by atoms with Gasteiger partial charge in [-0.2, -0.15) is 5.10 Å². The van der Waals surface area contributed by atoms with Crippen molar-refractivity contribution in [3.63, 3.8) is 0 Å². The van der Waals surface area contributed by atoms with Crippen LogP contribution >= 0.6 is 0 Å². The molecule has 7 nitrogen and oxygen atoms in total. The van der Waals surface area contributed by atoms with Crippen molar-refractivity contribution in [3.05, 3.63) is 96.6 Å². The van der Waals surface area contributed by atoms with Gasteiger partial charge in [0, 0.05) is 22.5 Å². The highest BCUT2D eigenvalue weighted by Crippen LogP contribution is 2.32. The summed E-state index contributed by atoms with van der Waals surface area (Å²) in [6.07, 6.45) is 4.20. The van der Waals surface area contributed by atoms with Gasteiger partial charge in [-0.05, 0) is 74.4 Å². The highest BCUT2D eigenvalue weighted by molar-refractivity contribution is 7.90. The first-order chi connectivity index (χ1) is 17.9. The molecule has 1 aliphatic rings. The van der Waals surface area contributed by atoms with Gasteiger partial charge >= 0.3 is 0 Å². The number of para-hydroxylation sites is 1. The molecule has 1 fully saturated rings. The zero-order chi connectivity index (χ0) is 25.6. The Morgan fingerprint density at radius 1 is 1.00 bits per heavy atom. The van der Waals surface area contributed by atoms with E-state index in [1.165, 1.54) is 12.1 Å². The normalized spacial score (nSPS) is 15.6. The van der Waals surface area contributed by atoms with Gasteiger partial charge in [-0.3, -0.25) is 4.98 Å². The highest BCUT2D eigenvalue weighted by Gasteiger charge is 2.38. The average Bonchev–Trinajstić information content (AvgIpc) is 3.68. The molecule has 0 bridgehead atoms. The Kier molecular flexibility index (Phi) is 5.89. The van der Waals surface area contributed by atoms with Gasteiger partial charge in [0.1, 0.15) is 17.7 Å². The number of halogens is 1. The standard InChI is InChI=1S/C28H25FN4O3S/c1-18(32-37(34,35)25-11-12-25)28(21-14-19-4-2-3-5-26(19)30-16-21)36-24-10-13-27-20(15-24)17-31-33(27)23-8-6-22(29)7-9-23/h2-10,13-18,25,28,32H,11-12H2,1H3/t18-,28-/m0/s1. The fourth-order valence-corrected chi connectivity index (χ4v) is 6.11. The second kappa shape index (κ2) is 9.24. The monoisotopic (exact) mass is 516 g/mol. The van der Waals surface area contributed by atoms with E-state index in [9.17, 15) is 12.8 Å². The van der Waals surface area contributed by atoms with Crippen LogP contribution < -0.4 is 9.46 Å². The minimum absolute atomic E-state index is 0.309. The van der Waals surface area contributed by atoms with Crippen LogP contribution in [0.3, 0.4) is 0 Å². The van der Waals surface area contributed by atoms with Crippen molar-refractivity contribution in [1.82, 2.24) is 19.5 Å². The van der Waals surface area contributed by atoms with Crippen molar-refractivity contribution < 1.29 is 17.5 Å². The molecule has 1 saturated carbocycles. The lowest BCUT2D eigenvalue weighted by molar-refractivity contribution is 0.173. The smallest absolute Gasteiger partial charge is 0.214 e. The van der Waals surface area contributed by atoms with Crippen LogP contribution in [0.25, 0.3) is 27.5 Å². The molecule has 2 atom stereocenters. The van der Waals surface area contributed by atoms with Crippen molar-refractivity contribution in [3.8, 4) is 11.4 Å². The Hall–Kier alpha value is -3.82. The molecule has 0 radical (unpaired) electrons. The average molecular weight is 517 g/mol. The van der Waals surface area contributed by atoms with Crippen LogP contribution in [-0.2, 0) is 10.0 Å². The van der Waals surface area contributed by atoms with Crippen molar-refractivity contribution in [1.29, 1.82) is 0 Å². The number of ether oxygens (including phenoxy) is 1. The number of nitrogens with one attached hydrogen (secondary N) is 1. The van der Waals surface area contributed by atoms with E-state index in [0.717, 1.165) is 33.1 Å². The third-order valence-electron chi connectivity index (χ3n) is 6.58. The molecule has 3 aromatic carbocycles. The molecule has 1 N–H and O–H groups in total. The van der Waals surface area contributed by atoms with Crippen molar-refractivity contribution in [2.75, 3.05) is 0 Å². The van der Waals surface area contributed by atoms with Crippen LogP contribution in [0.2, 0.25) is 0 Å². The van der Waals surface area contributed by atoms with Crippen LogP contribution in [0, 0.1) is 5.82 Å². The molecule has 0 spiro atoms. The van der Waals surface area contributed by atoms with Gasteiger partial charge in [0.15, 0.2) is 0 Å². The van der Waals surface area contributed by atoms with Gasteiger partial charge in [-0.15, -0.1) is 0 Å². The van der Waals surface area contributed by atoms with E-state index in [1.807, 2.05) is 55.5 Å². The van der Waals surface area contributed by atoms with Gasteiger partial charge in [0.2, 0.25) is 10.0 Å². The van der Waals surface area contributed by atoms with E-state index in [2.05, 4.69) is 14.8 Å². The number of rotatable bonds is 8. The number of benzene rings is 3. The van der Waals surface area contributed by atoms with E-state index in [0.29, 0.717) is 18.6 Å². The lowest BCUT2D eigenvalue weighted by Crippen LogP contribution is -2.40. The van der Waals surface area contributed by atoms with E-state index in [4.69, 9.17) is 4.74 Å². The maximum Gasteiger partial charge on any atom is 0.214 e. The quantitative estimate of drug-likeness (QED) is 0.302. The van der Waals surface area contributed by atoms with E-state index >= 15 is 0 Å². The number of aromatic nitrogens is 3. The summed E-state index contributed by atoms with van der Waals surface area (Å²) < 4.78 is 49.8. The fraction of sp³-hybridized carbons (Fsp3) is 0.214. The Morgan fingerprint density at radius 3 is 2.57 bits per heavy atom. The predicted molar refractivity (Wildman–Crippen MR) is 141 cm³/mol. The number of sulfonamides is 1. The molecule has 37 heavy (non-hydrogen) atoms. The fourth-order valence-electron chi connectivity index (χ4n) is 4.52. The Labute approximate surface area is 214 Å². The maximum absolute atomic E-state index is 13.4. The van der Waals surface area contributed by atoms with E-state index in [-0.39, 0.29) is 11.1 Å².